The Morgan fingerprint density at radius 3 is 1.02 bits per heavy atom. The van der Waals surface area contributed by atoms with Gasteiger partial charge in [-0.05, 0) is 99.2 Å². The molecule has 0 aliphatic carbocycles. The molecule has 0 aliphatic rings. The van der Waals surface area contributed by atoms with E-state index in [9.17, 15) is 16.8 Å². The van der Waals surface area contributed by atoms with Gasteiger partial charge in [-0.1, -0.05) is 73.5 Å². The molecule has 0 fully saturated rings. The van der Waals surface area contributed by atoms with Gasteiger partial charge in [0.25, 0.3) is 0 Å². The van der Waals surface area contributed by atoms with Gasteiger partial charge in [0.15, 0.2) is 0 Å². The zero-order valence-electron chi connectivity index (χ0n) is 24.7. The van der Waals surface area contributed by atoms with Gasteiger partial charge >= 0.3 is 20.2 Å². The summed E-state index contributed by atoms with van der Waals surface area (Å²) in [6.07, 6.45) is 0. The van der Waals surface area contributed by atoms with Crippen molar-refractivity contribution >= 4 is 20.2 Å². The van der Waals surface area contributed by atoms with Crippen LogP contribution in [0.15, 0.2) is 82.6 Å². The minimum atomic E-state index is -3.99. The van der Waals surface area contributed by atoms with E-state index in [-0.39, 0.29) is 9.79 Å². The Morgan fingerprint density at radius 1 is 0.488 bits per heavy atom. The molecule has 0 radical (unpaired) electrons. The monoisotopic (exact) mass is 592 g/mol. The van der Waals surface area contributed by atoms with Crippen LogP contribution in [0.2, 0.25) is 0 Å². The lowest BCUT2D eigenvalue weighted by atomic mass is 9.76. The normalized spacial score (nSPS) is 12.3. The van der Waals surface area contributed by atoms with Crippen LogP contribution in [-0.4, -0.2) is 16.8 Å². The Balaban J connectivity index is 1.65. The Labute approximate surface area is 244 Å². The van der Waals surface area contributed by atoms with E-state index in [2.05, 4.69) is 13.8 Å². The van der Waals surface area contributed by atoms with Gasteiger partial charge in [0, 0.05) is 5.41 Å². The molecule has 0 amide bonds. The Hall–Kier alpha value is -3.62. The van der Waals surface area contributed by atoms with Crippen molar-refractivity contribution in [1.29, 1.82) is 0 Å². The predicted octanol–water partition coefficient (Wildman–Crippen LogP) is 7.40. The van der Waals surface area contributed by atoms with Crippen molar-refractivity contribution in [2.24, 2.45) is 0 Å². The van der Waals surface area contributed by atoms with Crippen LogP contribution in [0.4, 0.5) is 0 Å². The second-order valence-electron chi connectivity index (χ2n) is 11.2. The van der Waals surface area contributed by atoms with Crippen LogP contribution < -0.4 is 8.37 Å². The van der Waals surface area contributed by atoms with Crippen LogP contribution in [0.3, 0.4) is 0 Å². The van der Waals surface area contributed by atoms with Crippen molar-refractivity contribution in [3.05, 3.63) is 117 Å². The lowest BCUT2D eigenvalue weighted by Crippen LogP contribution is -2.21. The van der Waals surface area contributed by atoms with Crippen LogP contribution in [0, 0.1) is 41.5 Å². The summed E-state index contributed by atoms with van der Waals surface area (Å²) in [5, 5.41) is 0. The number of hydrogen-bond donors (Lipinski definition) is 0. The molecule has 0 saturated carbocycles. The molecular weight excluding hydrogens is 556 g/mol. The van der Waals surface area contributed by atoms with Gasteiger partial charge < -0.3 is 8.37 Å². The Morgan fingerprint density at radius 2 is 0.756 bits per heavy atom. The van der Waals surface area contributed by atoms with Crippen molar-refractivity contribution in [3.8, 4) is 11.5 Å². The van der Waals surface area contributed by atoms with E-state index >= 15 is 0 Å². The maximum atomic E-state index is 13.0. The summed E-state index contributed by atoms with van der Waals surface area (Å²) in [7, 11) is -7.98. The molecular formula is C33H36O6S2. The van der Waals surface area contributed by atoms with Gasteiger partial charge in [-0.2, -0.15) is 16.8 Å². The largest absolute Gasteiger partial charge is 0.378 e. The molecule has 0 bridgehead atoms. The van der Waals surface area contributed by atoms with E-state index in [0.29, 0.717) is 33.8 Å². The van der Waals surface area contributed by atoms with E-state index in [1.807, 2.05) is 65.8 Å². The molecule has 4 aromatic rings. The van der Waals surface area contributed by atoms with E-state index < -0.39 is 25.7 Å². The SMILES string of the molecule is Cc1ccc(S(=O)(=O)Oc2c(C)cc(C(C)(C)c3cc(C)c(OS(=O)(=O)c4ccc(C)cc4)c(C)c3)cc2C)cc1. The second-order valence-corrected chi connectivity index (χ2v) is 14.3. The first-order valence-electron chi connectivity index (χ1n) is 13.3. The molecule has 4 rings (SSSR count). The van der Waals surface area contributed by atoms with Gasteiger partial charge in [-0.3, -0.25) is 0 Å². The minimum Gasteiger partial charge on any atom is -0.378 e. The second kappa shape index (κ2) is 11.0. The van der Waals surface area contributed by atoms with E-state index in [4.69, 9.17) is 8.37 Å². The van der Waals surface area contributed by atoms with Crippen molar-refractivity contribution < 1.29 is 25.2 Å². The molecule has 8 heteroatoms. The third kappa shape index (κ3) is 6.34. The molecule has 0 unspecified atom stereocenters. The summed E-state index contributed by atoms with van der Waals surface area (Å²) in [4.78, 5) is 0.202. The van der Waals surface area contributed by atoms with Crippen LogP contribution in [0.1, 0.15) is 58.4 Å². The van der Waals surface area contributed by atoms with Gasteiger partial charge in [-0.15, -0.1) is 0 Å². The number of aryl methyl sites for hydroxylation is 6. The fourth-order valence-electron chi connectivity index (χ4n) is 4.78. The molecule has 216 valence electrons. The molecule has 41 heavy (non-hydrogen) atoms. The van der Waals surface area contributed by atoms with Crippen molar-refractivity contribution in [3.63, 3.8) is 0 Å². The highest BCUT2D eigenvalue weighted by atomic mass is 32.2. The van der Waals surface area contributed by atoms with Crippen molar-refractivity contribution in [1.82, 2.24) is 0 Å². The first kappa shape index (κ1) is 30.3. The quantitative estimate of drug-likeness (QED) is 0.198. The number of benzene rings is 4. The molecule has 0 atom stereocenters. The molecule has 6 nitrogen and oxygen atoms in total. The molecule has 0 N–H and O–H groups in total. The highest BCUT2D eigenvalue weighted by molar-refractivity contribution is 7.87. The Bertz CT molecular complexity index is 1640. The summed E-state index contributed by atoms with van der Waals surface area (Å²) in [5.41, 5.74) is 6.14. The third-order valence-electron chi connectivity index (χ3n) is 7.37. The highest BCUT2D eigenvalue weighted by Crippen LogP contribution is 2.39. The summed E-state index contributed by atoms with van der Waals surface area (Å²) in [6, 6.07) is 20.8. The Kier molecular flexibility index (Phi) is 8.13. The van der Waals surface area contributed by atoms with E-state index in [1.165, 1.54) is 24.3 Å². The van der Waals surface area contributed by atoms with Crippen LogP contribution in [0.5, 0.6) is 11.5 Å². The van der Waals surface area contributed by atoms with Crippen LogP contribution >= 0.6 is 0 Å². The molecule has 0 saturated heterocycles. The molecule has 4 aromatic carbocycles. The average molecular weight is 593 g/mol. The highest BCUT2D eigenvalue weighted by Gasteiger charge is 2.28. The number of hydrogen-bond acceptors (Lipinski definition) is 6. The molecule has 0 aromatic heterocycles. The van der Waals surface area contributed by atoms with E-state index in [0.717, 1.165) is 22.3 Å². The maximum Gasteiger partial charge on any atom is 0.339 e. The average Bonchev–Trinajstić information content (AvgIpc) is 2.88. The first-order chi connectivity index (χ1) is 19.0. The first-order valence-corrected chi connectivity index (χ1v) is 16.1. The number of rotatable bonds is 8. The smallest absolute Gasteiger partial charge is 0.339 e. The standard InChI is InChI=1S/C33H36O6S2/c1-21-9-13-29(14-10-21)40(34,35)38-31-23(3)17-27(18-24(31)4)33(7,8)28-19-25(5)32(26(6)20-28)39-41(36,37)30-15-11-22(2)12-16-30/h9-20H,1-8H3. The summed E-state index contributed by atoms with van der Waals surface area (Å²) >= 11 is 0. The molecule has 0 aliphatic heterocycles. The molecule has 0 spiro atoms. The van der Waals surface area contributed by atoms with Gasteiger partial charge in [0.05, 0.1) is 0 Å². The zero-order chi connectivity index (χ0) is 30.3. The summed E-state index contributed by atoms with van der Waals surface area (Å²) < 4.78 is 63.0. The summed E-state index contributed by atoms with van der Waals surface area (Å²) in [6.45, 7) is 15.2. The third-order valence-corrected chi connectivity index (χ3v) is 9.84. The fraction of sp³-hybridized carbons (Fsp3) is 0.273. The van der Waals surface area contributed by atoms with Gasteiger partial charge in [0.2, 0.25) is 0 Å². The zero-order valence-corrected chi connectivity index (χ0v) is 26.3. The summed E-state index contributed by atoms with van der Waals surface area (Å²) in [5.74, 6) is 0.616. The topological polar surface area (TPSA) is 86.7 Å². The lowest BCUT2D eigenvalue weighted by molar-refractivity contribution is 0.480. The molecule has 0 heterocycles. The lowest BCUT2D eigenvalue weighted by Gasteiger charge is -2.29. The maximum absolute atomic E-state index is 13.0. The van der Waals surface area contributed by atoms with Gasteiger partial charge in [0.1, 0.15) is 21.3 Å². The van der Waals surface area contributed by atoms with Crippen molar-refractivity contribution in [2.75, 3.05) is 0 Å². The van der Waals surface area contributed by atoms with E-state index in [1.54, 1.807) is 24.3 Å². The van der Waals surface area contributed by atoms with Crippen molar-refractivity contribution in [2.45, 2.75) is 70.6 Å². The van der Waals surface area contributed by atoms with Crippen LogP contribution in [-0.2, 0) is 25.7 Å². The fourth-order valence-corrected chi connectivity index (χ4v) is 6.87. The minimum absolute atomic E-state index is 0.101. The van der Waals surface area contributed by atoms with Crippen LogP contribution in [0.25, 0.3) is 0 Å². The van der Waals surface area contributed by atoms with Gasteiger partial charge in [-0.25, -0.2) is 0 Å². The predicted molar refractivity (Wildman–Crippen MR) is 162 cm³/mol.